The smallest absolute Gasteiger partial charge is 0.00857 e. The van der Waals surface area contributed by atoms with Crippen LogP contribution >= 0.6 is 0 Å². The summed E-state index contributed by atoms with van der Waals surface area (Å²) in [6.45, 7) is 4.34. The first-order valence-electron chi connectivity index (χ1n) is 5.37. The van der Waals surface area contributed by atoms with Gasteiger partial charge in [-0.1, -0.05) is 54.1 Å². The Morgan fingerprint density at radius 2 is 1.60 bits per heavy atom. The largest absolute Gasteiger partial charge is 0.0769 e. The van der Waals surface area contributed by atoms with Crippen molar-refractivity contribution in [2.75, 3.05) is 0 Å². The summed E-state index contributed by atoms with van der Waals surface area (Å²) in [5.74, 6) is 0. The van der Waals surface area contributed by atoms with E-state index in [-0.39, 0.29) is 0 Å². The van der Waals surface area contributed by atoms with Crippen LogP contribution in [0.25, 0.3) is 5.57 Å². The Morgan fingerprint density at radius 3 is 2.33 bits per heavy atom. The molecule has 0 spiro atoms. The van der Waals surface area contributed by atoms with Crippen molar-refractivity contribution in [2.45, 2.75) is 20.3 Å². The second-order valence-corrected chi connectivity index (χ2v) is 4.00. The van der Waals surface area contributed by atoms with Gasteiger partial charge in [-0.15, -0.1) is 0 Å². The van der Waals surface area contributed by atoms with Crippen molar-refractivity contribution in [3.63, 3.8) is 0 Å². The molecule has 0 radical (unpaired) electrons. The molecule has 0 unspecified atom stereocenters. The van der Waals surface area contributed by atoms with E-state index in [1.807, 2.05) is 0 Å². The summed E-state index contributed by atoms with van der Waals surface area (Å²) in [6.07, 6.45) is 7.78. The lowest BCUT2D eigenvalue weighted by Crippen LogP contribution is -1.81. The predicted octanol–water partition coefficient (Wildman–Crippen LogP) is 4.37. The third kappa shape index (κ3) is 2.27. The summed E-state index contributed by atoms with van der Waals surface area (Å²) < 4.78 is 0. The van der Waals surface area contributed by atoms with Crippen LogP contribution in [0.2, 0.25) is 0 Å². The van der Waals surface area contributed by atoms with E-state index in [1.165, 1.54) is 22.3 Å². The van der Waals surface area contributed by atoms with E-state index in [2.05, 4.69) is 62.4 Å². The van der Waals surface area contributed by atoms with Gasteiger partial charge in [-0.3, -0.25) is 0 Å². The third-order valence-electron chi connectivity index (χ3n) is 2.93. The Bertz CT molecular complexity index is 430. The molecule has 2 rings (SSSR count). The summed E-state index contributed by atoms with van der Waals surface area (Å²) >= 11 is 0. The first-order chi connectivity index (χ1) is 7.27. The molecular weight excluding hydrogens is 180 g/mol. The van der Waals surface area contributed by atoms with Crippen molar-refractivity contribution < 1.29 is 0 Å². The van der Waals surface area contributed by atoms with Crippen LogP contribution in [0.1, 0.15) is 25.8 Å². The lowest BCUT2D eigenvalue weighted by Gasteiger charge is -2.02. The first-order valence-corrected chi connectivity index (χ1v) is 5.37. The number of hydrogen-bond donors (Lipinski definition) is 0. The van der Waals surface area contributed by atoms with Gasteiger partial charge in [0, 0.05) is 0 Å². The molecule has 1 aliphatic rings. The van der Waals surface area contributed by atoms with E-state index in [0.29, 0.717) is 0 Å². The van der Waals surface area contributed by atoms with E-state index in [4.69, 9.17) is 0 Å². The van der Waals surface area contributed by atoms with E-state index < -0.39 is 0 Å². The molecule has 0 saturated carbocycles. The Balaban J connectivity index is 2.34. The molecule has 0 aliphatic heterocycles. The standard InChI is InChI=1S/C15H16/c1-12-8-10-15(11-9-13(12)2)14-6-4-3-5-7-14/h3-10H,11H2,1-2H3. The van der Waals surface area contributed by atoms with Gasteiger partial charge in [0.05, 0.1) is 0 Å². The minimum Gasteiger partial charge on any atom is -0.0769 e. The Morgan fingerprint density at radius 1 is 0.867 bits per heavy atom. The molecule has 1 aromatic carbocycles. The van der Waals surface area contributed by atoms with Crippen LogP contribution in [0.3, 0.4) is 0 Å². The molecule has 0 saturated heterocycles. The lowest BCUT2D eigenvalue weighted by molar-refractivity contribution is 1.29. The lowest BCUT2D eigenvalue weighted by atomic mass is 10.0. The van der Waals surface area contributed by atoms with Gasteiger partial charge >= 0.3 is 0 Å². The van der Waals surface area contributed by atoms with Crippen LogP contribution in [0.15, 0.2) is 59.7 Å². The normalized spacial score (nSPS) is 16.3. The molecule has 15 heavy (non-hydrogen) atoms. The molecule has 0 nitrogen and oxygen atoms in total. The molecule has 0 N–H and O–H groups in total. The SMILES string of the molecule is CC1=CC=C(c2ccccc2)CC=C1C. The minimum atomic E-state index is 1.03. The Kier molecular flexibility index (Phi) is 2.86. The summed E-state index contributed by atoms with van der Waals surface area (Å²) in [7, 11) is 0. The summed E-state index contributed by atoms with van der Waals surface area (Å²) in [4.78, 5) is 0. The molecule has 0 bridgehead atoms. The van der Waals surface area contributed by atoms with E-state index >= 15 is 0 Å². The highest BCUT2D eigenvalue weighted by atomic mass is 14.1. The van der Waals surface area contributed by atoms with Gasteiger partial charge in [0.1, 0.15) is 0 Å². The van der Waals surface area contributed by atoms with Crippen molar-refractivity contribution in [3.8, 4) is 0 Å². The zero-order valence-corrected chi connectivity index (χ0v) is 9.33. The maximum atomic E-state index is 2.30. The molecule has 1 aromatic rings. The number of benzene rings is 1. The van der Waals surface area contributed by atoms with E-state index in [0.717, 1.165) is 6.42 Å². The van der Waals surface area contributed by atoms with Crippen LogP contribution in [0.4, 0.5) is 0 Å². The number of hydrogen-bond acceptors (Lipinski definition) is 0. The van der Waals surface area contributed by atoms with Gasteiger partial charge in [0.2, 0.25) is 0 Å². The molecular formula is C15H16. The minimum absolute atomic E-state index is 1.03. The second kappa shape index (κ2) is 4.31. The molecule has 0 aromatic heterocycles. The van der Waals surface area contributed by atoms with Crippen LogP contribution in [0, 0.1) is 0 Å². The maximum absolute atomic E-state index is 2.30. The third-order valence-corrected chi connectivity index (χ3v) is 2.93. The first kappa shape index (κ1) is 9.97. The average molecular weight is 196 g/mol. The molecule has 0 heteroatoms. The van der Waals surface area contributed by atoms with Crippen molar-refractivity contribution in [1.29, 1.82) is 0 Å². The molecule has 0 heterocycles. The fourth-order valence-electron chi connectivity index (χ4n) is 1.72. The average Bonchev–Trinajstić information content (AvgIpc) is 2.44. The van der Waals surface area contributed by atoms with E-state index in [1.54, 1.807) is 0 Å². The predicted molar refractivity (Wildman–Crippen MR) is 66.6 cm³/mol. The zero-order valence-electron chi connectivity index (χ0n) is 9.33. The summed E-state index contributed by atoms with van der Waals surface area (Å²) in [5.41, 5.74) is 5.47. The monoisotopic (exact) mass is 196 g/mol. The topological polar surface area (TPSA) is 0 Å². The molecule has 0 atom stereocenters. The van der Waals surface area contributed by atoms with Crippen LogP contribution < -0.4 is 0 Å². The van der Waals surface area contributed by atoms with Crippen molar-refractivity contribution in [1.82, 2.24) is 0 Å². The van der Waals surface area contributed by atoms with Gasteiger partial charge in [-0.05, 0) is 37.0 Å². The fourth-order valence-corrected chi connectivity index (χ4v) is 1.72. The van der Waals surface area contributed by atoms with Crippen LogP contribution in [0.5, 0.6) is 0 Å². The maximum Gasteiger partial charge on any atom is -0.00857 e. The highest BCUT2D eigenvalue weighted by Crippen LogP contribution is 2.24. The van der Waals surface area contributed by atoms with Gasteiger partial charge < -0.3 is 0 Å². The van der Waals surface area contributed by atoms with Gasteiger partial charge in [0.15, 0.2) is 0 Å². The van der Waals surface area contributed by atoms with Crippen LogP contribution in [-0.2, 0) is 0 Å². The second-order valence-electron chi connectivity index (χ2n) is 4.00. The van der Waals surface area contributed by atoms with Crippen LogP contribution in [-0.4, -0.2) is 0 Å². The highest BCUT2D eigenvalue weighted by Gasteiger charge is 2.02. The Labute approximate surface area is 91.6 Å². The van der Waals surface area contributed by atoms with Crippen molar-refractivity contribution in [2.24, 2.45) is 0 Å². The number of rotatable bonds is 1. The summed E-state index contributed by atoms with van der Waals surface area (Å²) in [6, 6.07) is 10.6. The quantitative estimate of drug-likeness (QED) is 0.625. The van der Waals surface area contributed by atoms with Crippen molar-refractivity contribution in [3.05, 3.63) is 65.3 Å². The molecule has 76 valence electrons. The van der Waals surface area contributed by atoms with Gasteiger partial charge in [0.25, 0.3) is 0 Å². The molecule has 0 amide bonds. The van der Waals surface area contributed by atoms with Gasteiger partial charge in [-0.2, -0.15) is 0 Å². The summed E-state index contributed by atoms with van der Waals surface area (Å²) in [5, 5.41) is 0. The van der Waals surface area contributed by atoms with E-state index in [9.17, 15) is 0 Å². The fraction of sp³-hybridized carbons (Fsp3) is 0.200. The molecule has 1 aliphatic carbocycles. The number of allylic oxidation sites excluding steroid dienone is 6. The zero-order chi connectivity index (χ0) is 10.7. The molecule has 0 fully saturated rings. The Hall–Kier alpha value is -1.56. The highest BCUT2D eigenvalue weighted by molar-refractivity contribution is 5.69. The van der Waals surface area contributed by atoms with Crippen molar-refractivity contribution >= 4 is 5.57 Å². The van der Waals surface area contributed by atoms with Gasteiger partial charge in [-0.25, -0.2) is 0 Å².